The van der Waals surface area contributed by atoms with Crippen LogP contribution in [0.1, 0.15) is 6.42 Å². The fourth-order valence-corrected chi connectivity index (χ4v) is 0.453. The number of amides is 2. The van der Waals surface area contributed by atoms with Gasteiger partial charge in [0.05, 0.1) is 12.7 Å². The zero-order chi connectivity index (χ0) is 7.98. The number of carbonyl (C=O) groups excluding carboxylic acids is 1. The molecule has 2 amide bonds. The van der Waals surface area contributed by atoms with Crippen LogP contribution in [-0.4, -0.2) is 35.5 Å². The maximum atomic E-state index is 10.0. The molecule has 0 saturated carbocycles. The lowest BCUT2D eigenvalue weighted by molar-refractivity contribution is 0.0889. The molecular formula is C5H12N2O3. The molecule has 0 aromatic heterocycles. The summed E-state index contributed by atoms with van der Waals surface area (Å²) in [4.78, 5) is 10.0. The SMILES string of the molecule is NC(=O)NCCC(O)CO. The van der Waals surface area contributed by atoms with Gasteiger partial charge in [-0.2, -0.15) is 0 Å². The molecule has 5 nitrogen and oxygen atoms in total. The van der Waals surface area contributed by atoms with E-state index in [0.717, 1.165) is 0 Å². The van der Waals surface area contributed by atoms with E-state index in [4.69, 9.17) is 15.9 Å². The van der Waals surface area contributed by atoms with E-state index in [0.29, 0.717) is 6.42 Å². The molecule has 0 aromatic carbocycles. The Kier molecular flexibility index (Phi) is 4.61. The number of aliphatic hydroxyl groups excluding tert-OH is 2. The molecule has 0 aliphatic carbocycles. The lowest BCUT2D eigenvalue weighted by atomic mass is 10.3. The van der Waals surface area contributed by atoms with Gasteiger partial charge in [0.15, 0.2) is 0 Å². The molecule has 60 valence electrons. The normalized spacial score (nSPS) is 12.6. The minimum absolute atomic E-state index is 0.289. The summed E-state index contributed by atoms with van der Waals surface area (Å²) >= 11 is 0. The summed E-state index contributed by atoms with van der Waals surface area (Å²) < 4.78 is 0. The molecule has 5 heteroatoms. The summed E-state index contributed by atoms with van der Waals surface area (Å²) in [6.45, 7) is -0.00248. The number of urea groups is 1. The van der Waals surface area contributed by atoms with Gasteiger partial charge in [-0.3, -0.25) is 0 Å². The van der Waals surface area contributed by atoms with Crippen LogP contribution >= 0.6 is 0 Å². The lowest BCUT2D eigenvalue weighted by Crippen LogP contribution is -2.32. The smallest absolute Gasteiger partial charge is 0.312 e. The molecule has 0 aliphatic heterocycles. The first-order chi connectivity index (χ1) is 4.66. The minimum atomic E-state index is -0.771. The number of aliphatic hydroxyl groups is 2. The number of rotatable bonds is 4. The van der Waals surface area contributed by atoms with E-state index in [1.54, 1.807) is 0 Å². The summed E-state index contributed by atoms with van der Waals surface area (Å²) in [6, 6.07) is -0.620. The van der Waals surface area contributed by atoms with Crippen molar-refractivity contribution in [3.05, 3.63) is 0 Å². The number of carbonyl (C=O) groups is 1. The van der Waals surface area contributed by atoms with Crippen LogP contribution in [0.3, 0.4) is 0 Å². The van der Waals surface area contributed by atoms with Gasteiger partial charge in [0.1, 0.15) is 0 Å². The van der Waals surface area contributed by atoms with E-state index in [1.807, 2.05) is 0 Å². The van der Waals surface area contributed by atoms with Crippen LogP contribution in [0, 0.1) is 0 Å². The minimum Gasteiger partial charge on any atom is -0.394 e. The quantitative estimate of drug-likeness (QED) is 0.386. The Labute approximate surface area is 58.8 Å². The molecule has 0 bridgehead atoms. The van der Waals surface area contributed by atoms with Gasteiger partial charge in [-0.15, -0.1) is 0 Å². The summed E-state index contributed by atoms with van der Waals surface area (Å²) in [5.41, 5.74) is 4.73. The molecule has 5 N–H and O–H groups in total. The third-order valence-electron chi connectivity index (χ3n) is 0.988. The topological polar surface area (TPSA) is 95.6 Å². The van der Waals surface area contributed by atoms with Crippen molar-refractivity contribution in [3.8, 4) is 0 Å². The molecule has 0 fully saturated rings. The van der Waals surface area contributed by atoms with Crippen molar-refractivity contribution < 1.29 is 15.0 Å². The molecule has 0 aliphatic rings. The molecule has 10 heavy (non-hydrogen) atoms. The largest absolute Gasteiger partial charge is 0.394 e. The van der Waals surface area contributed by atoms with Crippen LogP contribution in [0.4, 0.5) is 4.79 Å². The molecule has 0 radical (unpaired) electrons. The van der Waals surface area contributed by atoms with E-state index in [9.17, 15) is 4.79 Å². The first kappa shape index (κ1) is 9.19. The molecule has 0 rings (SSSR count). The highest BCUT2D eigenvalue weighted by atomic mass is 16.3. The van der Waals surface area contributed by atoms with Gasteiger partial charge in [0, 0.05) is 6.54 Å². The van der Waals surface area contributed by atoms with Gasteiger partial charge in [-0.1, -0.05) is 0 Å². The summed E-state index contributed by atoms with van der Waals surface area (Å²) in [5, 5.41) is 19.3. The van der Waals surface area contributed by atoms with Crippen molar-refractivity contribution in [1.82, 2.24) is 5.32 Å². The molecule has 0 heterocycles. The van der Waals surface area contributed by atoms with Crippen LogP contribution in [0.25, 0.3) is 0 Å². The maximum absolute atomic E-state index is 10.0. The van der Waals surface area contributed by atoms with Gasteiger partial charge in [0.2, 0.25) is 0 Å². The highest BCUT2D eigenvalue weighted by Crippen LogP contribution is 1.85. The van der Waals surface area contributed by atoms with Crippen molar-refractivity contribution in [3.63, 3.8) is 0 Å². The summed E-state index contributed by atoms with van der Waals surface area (Å²) in [6.07, 6.45) is -0.453. The van der Waals surface area contributed by atoms with E-state index in [-0.39, 0.29) is 13.2 Å². The molecule has 0 saturated heterocycles. The van der Waals surface area contributed by atoms with Crippen LogP contribution in [-0.2, 0) is 0 Å². The third kappa shape index (κ3) is 5.33. The van der Waals surface area contributed by atoms with Crippen molar-refractivity contribution >= 4 is 6.03 Å². The Morgan fingerprint density at radius 3 is 2.70 bits per heavy atom. The maximum Gasteiger partial charge on any atom is 0.312 e. The van der Waals surface area contributed by atoms with Crippen molar-refractivity contribution in [1.29, 1.82) is 0 Å². The summed E-state index contributed by atoms with van der Waals surface area (Å²) in [7, 11) is 0. The monoisotopic (exact) mass is 148 g/mol. The van der Waals surface area contributed by atoms with Gasteiger partial charge in [-0.05, 0) is 6.42 Å². The van der Waals surface area contributed by atoms with Gasteiger partial charge >= 0.3 is 6.03 Å². The van der Waals surface area contributed by atoms with Gasteiger partial charge in [-0.25, -0.2) is 4.79 Å². The molecular weight excluding hydrogens is 136 g/mol. The second-order valence-corrected chi connectivity index (χ2v) is 1.92. The molecule has 1 atom stereocenters. The predicted octanol–water partition coefficient (Wildman–Crippen LogP) is -1.60. The number of nitrogens with two attached hydrogens (primary N) is 1. The van der Waals surface area contributed by atoms with Crippen molar-refractivity contribution in [2.24, 2.45) is 5.73 Å². The molecule has 0 aromatic rings. The van der Waals surface area contributed by atoms with Crippen LogP contribution in [0.5, 0.6) is 0 Å². The van der Waals surface area contributed by atoms with E-state index >= 15 is 0 Å². The average Bonchev–Trinajstić information content (AvgIpc) is 1.87. The summed E-state index contributed by atoms with van der Waals surface area (Å²) in [5.74, 6) is 0. The van der Waals surface area contributed by atoms with E-state index < -0.39 is 12.1 Å². The number of hydrogen-bond acceptors (Lipinski definition) is 3. The number of primary amides is 1. The highest BCUT2D eigenvalue weighted by molar-refractivity contribution is 5.71. The lowest BCUT2D eigenvalue weighted by Gasteiger charge is -2.05. The second kappa shape index (κ2) is 5.01. The molecule has 1 unspecified atom stereocenters. The van der Waals surface area contributed by atoms with E-state index in [2.05, 4.69) is 5.32 Å². The Balaban J connectivity index is 3.11. The van der Waals surface area contributed by atoms with Crippen LogP contribution in [0.2, 0.25) is 0 Å². The third-order valence-corrected chi connectivity index (χ3v) is 0.988. The zero-order valence-corrected chi connectivity index (χ0v) is 5.58. The highest BCUT2D eigenvalue weighted by Gasteiger charge is 2.00. The predicted molar refractivity (Wildman–Crippen MR) is 35.3 cm³/mol. The first-order valence-corrected chi connectivity index (χ1v) is 2.99. The second-order valence-electron chi connectivity index (χ2n) is 1.92. The van der Waals surface area contributed by atoms with Crippen molar-refractivity contribution in [2.75, 3.05) is 13.2 Å². The Morgan fingerprint density at radius 1 is 1.70 bits per heavy atom. The van der Waals surface area contributed by atoms with Crippen molar-refractivity contribution in [2.45, 2.75) is 12.5 Å². The Hall–Kier alpha value is -0.810. The van der Waals surface area contributed by atoms with Gasteiger partial charge in [0.25, 0.3) is 0 Å². The number of nitrogens with one attached hydrogen (secondary N) is 1. The standard InChI is InChI=1S/C5H12N2O3/c6-5(10)7-2-1-4(9)3-8/h4,8-9H,1-3H2,(H3,6,7,10). The van der Waals surface area contributed by atoms with E-state index in [1.165, 1.54) is 0 Å². The Bertz CT molecular complexity index is 107. The number of hydrogen-bond donors (Lipinski definition) is 4. The molecule has 0 spiro atoms. The zero-order valence-electron chi connectivity index (χ0n) is 5.58. The fourth-order valence-electron chi connectivity index (χ4n) is 0.453. The van der Waals surface area contributed by atoms with Crippen LogP contribution < -0.4 is 11.1 Å². The fraction of sp³-hybridized carbons (Fsp3) is 0.800. The first-order valence-electron chi connectivity index (χ1n) is 2.99. The van der Waals surface area contributed by atoms with Crippen LogP contribution in [0.15, 0.2) is 0 Å². The average molecular weight is 148 g/mol. The Morgan fingerprint density at radius 2 is 2.30 bits per heavy atom. The van der Waals surface area contributed by atoms with Gasteiger partial charge < -0.3 is 21.3 Å².